The van der Waals surface area contributed by atoms with Crippen molar-refractivity contribution < 1.29 is 9.53 Å². The summed E-state index contributed by atoms with van der Waals surface area (Å²) in [5.74, 6) is 0.512. The first kappa shape index (κ1) is 13.9. The lowest BCUT2D eigenvalue weighted by molar-refractivity contribution is -0.0881. The van der Waals surface area contributed by atoms with Gasteiger partial charge in [0.1, 0.15) is 5.60 Å². The van der Waals surface area contributed by atoms with Crippen molar-refractivity contribution in [2.45, 2.75) is 18.4 Å². The van der Waals surface area contributed by atoms with Crippen LogP contribution in [0.15, 0.2) is 22.3 Å². The van der Waals surface area contributed by atoms with Crippen LogP contribution in [-0.2, 0) is 4.74 Å². The molecule has 0 saturated carbocycles. The second kappa shape index (κ2) is 5.03. The molecule has 23 heavy (non-hydrogen) atoms. The quantitative estimate of drug-likeness (QED) is 0.836. The molecule has 2 bridgehead atoms. The molecule has 4 aliphatic rings. The van der Waals surface area contributed by atoms with Crippen LogP contribution >= 0.6 is 22.7 Å². The maximum atomic E-state index is 12.5. The predicted octanol–water partition coefficient (Wildman–Crippen LogP) is 3.29. The first-order chi connectivity index (χ1) is 11.2. The second-order valence-corrected chi connectivity index (χ2v) is 8.24. The smallest absolute Gasteiger partial charge is 0.415 e. The molecule has 120 valence electrons. The minimum atomic E-state index is -0.295. The van der Waals surface area contributed by atoms with Crippen LogP contribution in [0.2, 0.25) is 0 Å². The van der Waals surface area contributed by atoms with E-state index < -0.39 is 0 Å². The summed E-state index contributed by atoms with van der Waals surface area (Å²) in [6.45, 7) is 3.87. The van der Waals surface area contributed by atoms with E-state index in [-0.39, 0.29) is 11.7 Å². The molecular formula is C16H17N3O2S2. The molecule has 4 saturated heterocycles. The third kappa shape index (κ3) is 2.14. The van der Waals surface area contributed by atoms with Gasteiger partial charge in [0.25, 0.3) is 0 Å². The fraction of sp³-hybridized carbons (Fsp3) is 0.500. The predicted molar refractivity (Wildman–Crippen MR) is 91.1 cm³/mol. The van der Waals surface area contributed by atoms with E-state index in [2.05, 4.69) is 16.0 Å². The molecule has 1 unspecified atom stereocenters. The first-order valence-corrected chi connectivity index (χ1v) is 9.76. The Kier molecular flexibility index (Phi) is 3.05. The highest BCUT2D eigenvalue weighted by Crippen LogP contribution is 2.44. The maximum Gasteiger partial charge on any atom is 0.415 e. The number of hydrogen-bond donors (Lipinski definition) is 0. The molecule has 0 N–H and O–H groups in total. The number of piperidine rings is 3. The Hall–Kier alpha value is -1.44. The number of carbonyl (C=O) groups excluding carboxylic acids is 1. The summed E-state index contributed by atoms with van der Waals surface area (Å²) in [4.78, 5) is 22.2. The van der Waals surface area contributed by atoms with Crippen LogP contribution in [0, 0.1) is 5.92 Å². The summed E-state index contributed by atoms with van der Waals surface area (Å²) >= 11 is 3.22. The zero-order valence-electron chi connectivity index (χ0n) is 12.6. The van der Waals surface area contributed by atoms with Gasteiger partial charge in [0.2, 0.25) is 0 Å². The summed E-state index contributed by atoms with van der Waals surface area (Å²) < 4.78 is 5.93. The molecule has 6 heterocycles. The average Bonchev–Trinajstić information content (AvgIpc) is 3.28. The highest BCUT2D eigenvalue weighted by molar-refractivity contribution is 7.14. The normalized spacial score (nSPS) is 32.7. The standard InChI is InChI=1S/C16H17N3O2S2/c20-15-19(12-5-14(23-6-12)13-7-22-10-17-13)9-16(21-15)8-18-3-1-11(16)2-4-18/h5-7,10-11H,1-4,8-9H2. The molecular weight excluding hydrogens is 330 g/mol. The number of aromatic nitrogens is 1. The molecule has 0 aromatic carbocycles. The van der Waals surface area contributed by atoms with Crippen molar-refractivity contribution in [2.24, 2.45) is 5.92 Å². The first-order valence-electron chi connectivity index (χ1n) is 7.93. The Morgan fingerprint density at radius 3 is 2.83 bits per heavy atom. The number of anilines is 1. The fourth-order valence-electron chi connectivity index (χ4n) is 4.15. The van der Waals surface area contributed by atoms with E-state index in [9.17, 15) is 4.79 Å². The van der Waals surface area contributed by atoms with E-state index in [1.165, 1.54) is 0 Å². The Balaban J connectivity index is 1.43. The number of thiazole rings is 1. The van der Waals surface area contributed by atoms with Gasteiger partial charge >= 0.3 is 6.09 Å². The van der Waals surface area contributed by atoms with Crippen molar-refractivity contribution in [3.05, 3.63) is 22.3 Å². The molecule has 4 fully saturated rings. The van der Waals surface area contributed by atoms with Crippen molar-refractivity contribution in [3.8, 4) is 10.6 Å². The molecule has 1 spiro atoms. The molecule has 4 aliphatic heterocycles. The van der Waals surface area contributed by atoms with Gasteiger partial charge in [-0.3, -0.25) is 9.80 Å². The summed E-state index contributed by atoms with van der Waals surface area (Å²) in [6, 6.07) is 2.06. The molecule has 2 aromatic heterocycles. The minimum absolute atomic E-state index is 0.193. The van der Waals surface area contributed by atoms with Crippen LogP contribution in [0.25, 0.3) is 10.6 Å². The number of carbonyl (C=O) groups is 1. The maximum absolute atomic E-state index is 12.5. The fourth-order valence-corrected chi connectivity index (χ4v) is 5.64. The summed E-state index contributed by atoms with van der Waals surface area (Å²) in [7, 11) is 0. The number of fused-ring (bicyclic) bond motifs is 2. The zero-order chi connectivity index (χ0) is 15.4. The molecule has 1 amide bonds. The van der Waals surface area contributed by atoms with Crippen LogP contribution < -0.4 is 4.90 Å². The van der Waals surface area contributed by atoms with Gasteiger partial charge in [-0.1, -0.05) is 0 Å². The number of amides is 1. The highest BCUT2D eigenvalue weighted by Gasteiger charge is 2.55. The SMILES string of the molecule is O=C1OC2(CN3CCC2CC3)CN1c1csc(-c2cscn2)c1. The van der Waals surface area contributed by atoms with Crippen molar-refractivity contribution in [2.75, 3.05) is 31.1 Å². The van der Waals surface area contributed by atoms with Crippen LogP contribution in [0.3, 0.4) is 0 Å². The van der Waals surface area contributed by atoms with Crippen LogP contribution in [0.4, 0.5) is 10.5 Å². The van der Waals surface area contributed by atoms with E-state index in [1.54, 1.807) is 22.7 Å². The van der Waals surface area contributed by atoms with Crippen molar-refractivity contribution in [1.82, 2.24) is 9.88 Å². The molecule has 1 atom stereocenters. The topological polar surface area (TPSA) is 45.7 Å². The monoisotopic (exact) mass is 347 g/mol. The number of ether oxygens (including phenoxy) is 1. The summed E-state index contributed by atoms with van der Waals surface area (Å²) in [5.41, 5.74) is 3.46. The summed E-state index contributed by atoms with van der Waals surface area (Å²) in [5, 5.41) is 4.07. The lowest BCUT2D eigenvalue weighted by atomic mass is 9.75. The van der Waals surface area contributed by atoms with E-state index in [4.69, 9.17) is 4.74 Å². The number of nitrogens with zero attached hydrogens (tertiary/aromatic N) is 3. The molecule has 5 nitrogen and oxygen atoms in total. The lowest BCUT2D eigenvalue weighted by Crippen LogP contribution is -2.61. The molecule has 0 radical (unpaired) electrons. The van der Waals surface area contributed by atoms with E-state index >= 15 is 0 Å². The van der Waals surface area contributed by atoms with Gasteiger partial charge in [0, 0.05) is 23.2 Å². The Morgan fingerprint density at radius 2 is 2.13 bits per heavy atom. The van der Waals surface area contributed by atoms with Gasteiger partial charge in [-0.05, 0) is 32.0 Å². The second-order valence-electron chi connectivity index (χ2n) is 6.61. The largest absolute Gasteiger partial charge is 0.439 e. The lowest BCUT2D eigenvalue weighted by Gasteiger charge is -2.49. The van der Waals surface area contributed by atoms with Gasteiger partial charge < -0.3 is 4.74 Å². The van der Waals surface area contributed by atoms with Crippen LogP contribution in [0.1, 0.15) is 12.8 Å². The Labute approximate surface area is 142 Å². The average molecular weight is 347 g/mol. The van der Waals surface area contributed by atoms with E-state index in [0.29, 0.717) is 12.5 Å². The van der Waals surface area contributed by atoms with Gasteiger partial charge in [-0.2, -0.15) is 0 Å². The molecule has 7 heteroatoms. The van der Waals surface area contributed by atoms with Gasteiger partial charge in [0.15, 0.2) is 0 Å². The van der Waals surface area contributed by atoms with Crippen molar-refractivity contribution in [1.29, 1.82) is 0 Å². The van der Waals surface area contributed by atoms with E-state index in [1.807, 2.05) is 21.2 Å². The van der Waals surface area contributed by atoms with Crippen LogP contribution in [-0.4, -0.2) is 47.8 Å². The summed E-state index contributed by atoms with van der Waals surface area (Å²) in [6.07, 6.45) is 2.10. The van der Waals surface area contributed by atoms with E-state index in [0.717, 1.165) is 48.7 Å². The highest BCUT2D eigenvalue weighted by atomic mass is 32.1. The minimum Gasteiger partial charge on any atom is -0.439 e. The third-order valence-electron chi connectivity index (χ3n) is 5.34. The molecule has 2 aromatic rings. The van der Waals surface area contributed by atoms with Gasteiger partial charge in [-0.25, -0.2) is 9.78 Å². The number of thiophene rings is 1. The number of rotatable bonds is 2. The third-order valence-corrected chi connectivity index (χ3v) is 6.87. The Bertz CT molecular complexity index is 736. The molecule has 0 aliphatic carbocycles. The van der Waals surface area contributed by atoms with Gasteiger partial charge in [-0.15, -0.1) is 22.7 Å². The van der Waals surface area contributed by atoms with Gasteiger partial charge in [0.05, 0.1) is 28.3 Å². The molecule has 6 rings (SSSR count). The van der Waals surface area contributed by atoms with Crippen molar-refractivity contribution in [3.63, 3.8) is 0 Å². The van der Waals surface area contributed by atoms with Crippen LogP contribution in [0.5, 0.6) is 0 Å². The number of hydrogen-bond acceptors (Lipinski definition) is 6. The van der Waals surface area contributed by atoms with Crippen molar-refractivity contribution >= 4 is 34.5 Å². The Morgan fingerprint density at radius 1 is 1.26 bits per heavy atom. The zero-order valence-corrected chi connectivity index (χ0v) is 14.2.